The first-order valence-electron chi connectivity index (χ1n) is 6.08. The van der Waals surface area contributed by atoms with Crippen LogP contribution < -0.4 is 0 Å². The molecule has 0 amide bonds. The molecule has 1 atom stereocenters. The fourth-order valence-corrected chi connectivity index (χ4v) is 4.92. The number of carbonyl (C=O) groups excluding carboxylic acids is 1. The second kappa shape index (κ2) is 5.94. The molecule has 1 aliphatic heterocycles. The number of hydrogen-bond donors (Lipinski definition) is 0. The van der Waals surface area contributed by atoms with Gasteiger partial charge in [-0.2, -0.15) is 0 Å². The van der Waals surface area contributed by atoms with Crippen LogP contribution in [0.15, 0.2) is 22.7 Å². The third kappa shape index (κ3) is 3.58. The highest BCUT2D eigenvalue weighted by atomic mass is 79.9. The van der Waals surface area contributed by atoms with Gasteiger partial charge in [0.15, 0.2) is 15.6 Å². The zero-order chi connectivity index (χ0) is 14.0. The van der Waals surface area contributed by atoms with Gasteiger partial charge in [-0.15, -0.1) is 0 Å². The molecule has 6 heteroatoms. The summed E-state index contributed by atoms with van der Waals surface area (Å²) in [6.07, 6.45) is 1.97. The standard InChI is InChI=1S/C13H14BrClO3S/c14-10-5-4-9(11(15)8-10)7-12(16)13-3-1-2-6-19(13,17)18/h4-5,8,13H,1-3,6-7H2. The van der Waals surface area contributed by atoms with Crippen LogP contribution in [0.5, 0.6) is 0 Å². The minimum absolute atomic E-state index is 0.0794. The molecule has 1 heterocycles. The Hall–Kier alpha value is -0.390. The average Bonchev–Trinajstić information content (AvgIpc) is 2.32. The van der Waals surface area contributed by atoms with Crippen LogP contribution in [0, 0.1) is 0 Å². The Morgan fingerprint density at radius 3 is 2.74 bits per heavy atom. The van der Waals surface area contributed by atoms with Crippen LogP contribution in [0.4, 0.5) is 0 Å². The second-order valence-electron chi connectivity index (χ2n) is 4.73. The van der Waals surface area contributed by atoms with Crippen LogP contribution in [0.1, 0.15) is 24.8 Å². The van der Waals surface area contributed by atoms with E-state index in [0.717, 1.165) is 10.9 Å². The monoisotopic (exact) mass is 364 g/mol. The predicted octanol–water partition coefficient (Wildman–Crippen LogP) is 3.18. The molecule has 19 heavy (non-hydrogen) atoms. The van der Waals surface area contributed by atoms with E-state index in [1.165, 1.54) is 0 Å². The molecule has 104 valence electrons. The molecule has 0 spiro atoms. The molecule has 1 aliphatic rings. The SMILES string of the molecule is O=C(Cc1ccc(Br)cc1Cl)C1CCCCS1(=O)=O. The summed E-state index contributed by atoms with van der Waals surface area (Å²) in [5, 5.41) is -0.364. The molecule has 3 nitrogen and oxygen atoms in total. The smallest absolute Gasteiger partial charge is 0.160 e. The van der Waals surface area contributed by atoms with Gasteiger partial charge in [-0.25, -0.2) is 8.42 Å². The van der Waals surface area contributed by atoms with Gasteiger partial charge in [-0.05, 0) is 30.5 Å². The van der Waals surface area contributed by atoms with Crippen molar-refractivity contribution >= 4 is 43.2 Å². The Labute approximate surface area is 126 Å². The van der Waals surface area contributed by atoms with Crippen LogP contribution in [0.2, 0.25) is 5.02 Å². The van der Waals surface area contributed by atoms with Crippen molar-refractivity contribution in [2.24, 2.45) is 0 Å². The molecule has 1 unspecified atom stereocenters. The highest BCUT2D eigenvalue weighted by Crippen LogP contribution is 2.25. The lowest BCUT2D eigenvalue weighted by molar-refractivity contribution is -0.118. The maximum atomic E-state index is 12.2. The van der Waals surface area contributed by atoms with Crippen LogP contribution >= 0.6 is 27.5 Å². The number of ketones is 1. The first-order chi connectivity index (χ1) is 8.90. The van der Waals surface area contributed by atoms with E-state index in [9.17, 15) is 13.2 Å². The molecule has 2 rings (SSSR count). The summed E-state index contributed by atoms with van der Waals surface area (Å²) < 4.78 is 24.6. The van der Waals surface area contributed by atoms with Crippen molar-refractivity contribution in [3.05, 3.63) is 33.3 Å². The van der Waals surface area contributed by atoms with Crippen molar-refractivity contribution in [2.75, 3.05) is 5.75 Å². The molecule has 0 saturated carbocycles. The fourth-order valence-electron chi connectivity index (χ4n) is 2.28. The van der Waals surface area contributed by atoms with Crippen LogP contribution in [-0.2, 0) is 21.1 Å². The van der Waals surface area contributed by atoms with E-state index < -0.39 is 15.1 Å². The number of carbonyl (C=O) groups is 1. The van der Waals surface area contributed by atoms with Crippen molar-refractivity contribution in [3.8, 4) is 0 Å². The van der Waals surface area contributed by atoms with E-state index in [-0.39, 0.29) is 18.0 Å². The van der Waals surface area contributed by atoms with Crippen molar-refractivity contribution in [2.45, 2.75) is 30.9 Å². The van der Waals surface area contributed by atoms with Crippen molar-refractivity contribution < 1.29 is 13.2 Å². The molecular formula is C13H14BrClO3S. The maximum Gasteiger partial charge on any atom is 0.160 e. The van der Waals surface area contributed by atoms with E-state index in [1.54, 1.807) is 18.2 Å². The first-order valence-corrected chi connectivity index (χ1v) is 8.97. The molecular weight excluding hydrogens is 352 g/mol. The van der Waals surface area contributed by atoms with E-state index in [1.807, 2.05) is 0 Å². The van der Waals surface area contributed by atoms with Crippen LogP contribution in [0.25, 0.3) is 0 Å². The lowest BCUT2D eigenvalue weighted by Crippen LogP contribution is -2.36. The Bertz CT molecular complexity index is 598. The second-order valence-corrected chi connectivity index (χ2v) is 8.36. The molecule has 1 saturated heterocycles. The first kappa shape index (κ1) is 15.0. The highest BCUT2D eigenvalue weighted by molar-refractivity contribution is 9.10. The van der Waals surface area contributed by atoms with Crippen LogP contribution in [0.3, 0.4) is 0 Å². The molecule has 1 aromatic carbocycles. The minimum Gasteiger partial charge on any atom is -0.298 e. The summed E-state index contributed by atoms with van der Waals surface area (Å²) in [7, 11) is -3.27. The lowest BCUT2D eigenvalue weighted by atomic mass is 10.0. The number of halogens is 2. The van der Waals surface area contributed by atoms with Crippen LogP contribution in [-0.4, -0.2) is 25.2 Å². The van der Waals surface area contributed by atoms with Gasteiger partial charge in [-0.1, -0.05) is 40.0 Å². The average molecular weight is 366 g/mol. The number of benzene rings is 1. The van der Waals surface area contributed by atoms with Crippen molar-refractivity contribution in [1.82, 2.24) is 0 Å². The van der Waals surface area contributed by atoms with E-state index >= 15 is 0 Å². The van der Waals surface area contributed by atoms with Gasteiger partial charge in [0.2, 0.25) is 0 Å². The van der Waals surface area contributed by atoms with Gasteiger partial charge in [0.1, 0.15) is 5.25 Å². The number of rotatable bonds is 3. The van der Waals surface area contributed by atoms with Gasteiger partial charge in [0, 0.05) is 15.9 Å². The summed E-state index contributed by atoms with van der Waals surface area (Å²) >= 11 is 9.34. The fraction of sp³-hybridized carbons (Fsp3) is 0.462. The topological polar surface area (TPSA) is 51.2 Å². The highest BCUT2D eigenvalue weighted by Gasteiger charge is 2.34. The third-order valence-electron chi connectivity index (χ3n) is 3.32. The lowest BCUT2D eigenvalue weighted by Gasteiger charge is -2.21. The van der Waals surface area contributed by atoms with E-state index in [2.05, 4.69) is 15.9 Å². The summed E-state index contributed by atoms with van der Waals surface area (Å²) in [4.78, 5) is 12.2. The zero-order valence-electron chi connectivity index (χ0n) is 10.2. The van der Waals surface area contributed by atoms with Crippen molar-refractivity contribution in [1.29, 1.82) is 0 Å². The van der Waals surface area contributed by atoms with E-state index in [0.29, 0.717) is 23.4 Å². The summed E-state index contributed by atoms with van der Waals surface area (Å²) in [6.45, 7) is 0. The quantitative estimate of drug-likeness (QED) is 0.826. The summed E-state index contributed by atoms with van der Waals surface area (Å²) in [5.74, 6) is -0.124. The molecule has 0 aromatic heterocycles. The Morgan fingerprint density at radius 2 is 2.11 bits per heavy atom. The van der Waals surface area contributed by atoms with Gasteiger partial charge in [0.05, 0.1) is 5.75 Å². The summed E-state index contributed by atoms with van der Waals surface area (Å²) in [5.41, 5.74) is 0.677. The number of hydrogen-bond acceptors (Lipinski definition) is 3. The van der Waals surface area contributed by atoms with Gasteiger partial charge >= 0.3 is 0 Å². The van der Waals surface area contributed by atoms with E-state index in [4.69, 9.17) is 11.6 Å². The van der Waals surface area contributed by atoms with Crippen molar-refractivity contribution in [3.63, 3.8) is 0 Å². The Kier molecular flexibility index (Phi) is 4.69. The largest absolute Gasteiger partial charge is 0.298 e. The molecule has 0 radical (unpaired) electrons. The molecule has 0 aliphatic carbocycles. The zero-order valence-corrected chi connectivity index (χ0v) is 13.4. The molecule has 1 aromatic rings. The van der Waals surface area contributed by atoms with Gasteiger partial charge in [-0.3, -0.25) is 4.79 Å². The summed E-state index contributed by atoms with van der Waals surface area (Å²) in [6, 6.07) is 5.25. The normalized spacial score (nSPS) is 22.1. The van der Waals surface area contributed by atoms with Gasteiger partial charge < -0.3 is 0 Å². The molecule has 1 fully saturated rings. The molecule has 0 N–H and O–H groups in total. The maximum absolute atomic E-state index is 12.2. The third-order valence-corrected chi connectivity index (χ3v) is 6.39. The predicted molar refractivity (Wildman–Crippen MR) is 79.3 cm³/mol. The van der Waals surface area contributed by atoms with Gasteiger partial charge in [0.25, 0.3) is 0 Å². The Morgan fingerprint density at radius 1 is 1.37 bits per heavy atom. The number of sulfone groups is 1. The molecule has 0 bridgehead atoms. The number of Topliss-reactive ketones (excluding diaryl/α,β-unsaturated/α-hetero) is 1. The Balaban J connectivity index is 2.17. The minimum atomic E-state index is -3.27.